The Labute approximate surface area is 228 Å². The van der Waals surface area contributed by atoms with Crippen LogP contribution in [0.25, 0.3) is 5.57 Å². The molecule has 0 saturated heterocycles. The highest BCUT2D eigenvalue weighted by Gasteiger charge is 2.07. The summed E-state index contributed by atoms with van der Waals surface area (Å²) in [6.45, 7) is 18.5. The van der Waals surface area contributed by atoms with E-state index < -0.39 is 0 Å². The second-order valence-electron chi connectivity index (χ2n) is 7.85. The van der Waals surface area contributed by atoms with Crippen LogP contribution >= 0.6 is 0 Å². The Kier molecular flexibility index (Phi) is 19.0. The van der Waals surface area contributed by atoms with Gasteiger partial charge in [-0.3, -0.25) is 0 Å². The molecule has 2 heteroatoms. The van der Waals surface area contributed by atoms with Crippen molar-refractivity contribution >= 4 is 5.57 Å². The van der Waals surface area contributed by atoms with Gasteiger partial charge in [0.25, 0.3) is 0 Å². The Morgan fingerprint density at radius 1 is 0.730 bits per heavy atom. The highest BCUT2D eigenvalue weighted by atomic mass is 16.5. The first-order valence-electron chi connectivity index (χ1n) is 13.7. The summed E-state index contributed by atoms with van der Waals surface area (Å²) in [5, 5.41) is 0. The van der Waals surface area contributed by atoms with Crippen molar-refractivity contribution in [2.24, 2.45) is 0 Å². The molecule has 0 aromatic heterocycles. The number of aryl methyl sites for hydroxylation is 4. The van der Waals surface area contributed by atoms with Gasteiger partial charge in [-0.1, -0.05) is 115 Å². The fourth-order valence-electron chi connectivity index (χ4n) is 3.87. The molecule has 0 N–H and O–H groups in total. The van der Waals surface area contributed by atoms with Crippen molar-refractivity contribution in [3.63, 3.8) is 0 Å². The molecule has 0 atom stereocenters. The molecule has 0 bridgehead atoms. The summed E-state index contributed by atoms with van der Waals surface area (Å²) in [4.78, 5) is 0. The third-order valence-electron chi connectivity index (χ3n) is 5.70. The lowest BCUT2D eigenvalue weighted by atomic mass is 9.95. The van der Waals surface area contributed by atoms with Crippen molar-refractivity contribution in [1.29, 1.82) is 0 Å². The average Bonchev–Trinajstić information content (AvgIpc) is 2.98. The standard InChI is InChI=1S/C20H22O.C11H16O.2C2H6/c1-4-8-16(2)20-15-19(21-3)14-13-18(20)12-11-17-9-6-5-7-10-17;1-4-9-7-6-8-10(5-2)11(9)12-3;2*1-2/h4-10,13-15H,2,11-12H2,1,3H3;6-8H,4-5H2,1-3H3;2*1-2H3/b8-4-;;;. The number of hydrogen-bond acceptors (Lipinski definition) is 2. The van der Waals surface area contributed by atoms with Crippen molar-refractivity contribution in [3.8, 4) is 11.5 Å². The maximum Gasteiger partial charge on any atom is 0.125 e. The highest BCUT2D eigenvalue weighted by Crippen LogP contribution is 2.26. The predicted molar refractivity (Wildman–Crippen MR) is 165 cm³/mol. The second kappa shape index (κ2) is 20.9. The molecule has 2 nitrogen and oxygen atoms in total. The molecular weight excluding hydrogens is 452 g/mol. The zero-order valence-corrected chi connectivity index (χ0v) is 24.9. The first-order chi connectivity index (χ1) is 18.1. The molecule has 0 aliphatic heterocycles. The lowest BCUT2D eigenvalue weighted by molar-refractivity contribution is 0.405. The zero-order valence-electron chi connectivity index (χ0n) is 24.9. The summed E-state index contributed by atoms with van der Waals surface area (Å²) in [5.74, 6) is 1.95. The van der Waals surface area contributed by atoms with Crippen molar-refractivity contribution in [2.45, 2.75) is 74.1 Å². The summed E-state index contributed by atoms with van der Waals surface area (Å²) in [7, 11) is 3.44. The molecule has 0 saturated carbocycles. The number of hydrogen-bond donors (Lipinski definition) is 0. The number of methoxy groups -OCH3 is 2. The van der Waals surface area contributed by atoms with Crippen molar-refractivity contribution in [2.75, 3.05) is 14.2 Å². The predicted octanol–water partition coefficient (Wildman–Crippen LogP) is 9.94. The molecular formula is C35H50O2. The van der Waals surface area contributed by atoms with E-state index in [1.165, 1.54) is 27.8 Å². The molecule has 3 aromatic rings. The lowest BCUT2D eigenvalue weighted by Gasteiger charge is -2.12. The first-order valence-corrected chi connectivity index (χ1v) is 13.7. The van der Waals surface area contributed by atoms with Gasteiger partial charge in [0.2, 0.25) is 0 Å². The Morgan fingerprint density at radius 3 is 1.81 bits per heavy atom. The molecule has 0 fully saturated rings. The van der Waals surface area contributed by atoms with Crippen LogP contribution < -0.4 is 9.47 Å². The molecule has 0 radical (unpaired) electrons. The molecule has 0 spiro atoms. The van der Waals surface area contributed by atoms with Crippen molar-refractivity contribution in [3.05, 3.63) is 113 Å². The van der Waals surface area contributed by atoms with Gasteiger partial charge < -0.3 is 9.47 Å². The Bertz CT molecular complexity index is 1010. The molecule has 0 heterocycles. The van der Waals surface area contributed by atoms with Crippen LogP contribution in [-0.4, -0.2) is 14.2 Å². The molecule has 0 aliphatic rings. The minimum Gasteiger partial charge on any atom is -0.497 e. The quantitative estimate of drug-likeness (QED) is 0.271. The molecule has 3 rings (SSSR count). The number of allylic oxidation sites excluding steroid dienone is 3. The van der Waals surface area contributed by atoms with Crippen molar-refractivity contribution < 1.29 is 9.47 Å². The van der Waals surface area contributed by atoms with Gasteiger partial charge in [-0.2, -0.15) is 0 Å². The zero-order chi connectivity index (χ0) is 28.1. The molecule has 0 amide bonds. The van der Waals surface area contributed by atoms with Crippen LogP contribution in [0.1, 0.15) is 76.3 Å². The van der Waals surface area contributed by atoms with E-state index in [2.05, 4.69) is 81.1 Å². The number of para-hydroxylation sites is 1. The summed E-state index contributed by atoms with van der Waals surface area (Å²) < 4.78 is 10.7. The fraction of sp³-hybridized carbons (Fsp3) is 0.371. The summed E-state index contributed by atoms with van der Waals surface area (Å²) in [6, 6.07) is 23.1. The van der Waals surface area contributed by atoms with Gasteiger partial charge in [-0.15, -0.1) is 0 Å². The van der Waals surface area contributed by atoms with Crippen LogP contribution in [0, 0.1) is 0 Å². The second-order valence-corrected chi connectivity index (χ2v) is 7.85. The van der Waals surface area contributed by atoms with Gasteiger partial charge >= 0.3 is 0 Å². The normalized spacial score (nSPS) is 9.65. The van der Waals surface area contributed by atoms with E-state index in [0.29, 0.717) is 0 Å². The number of ether oxygens (including phenoxy) is 2. The van der Waals surface area contributed by atoms with E-state index in [-0.39, 0.29) is 0 Å². The van der Waals surface area contributed by atoms with Gasteiger partial charge in [0.05, 0.1) is 14.2 Å². The monoisotopic (exact) mass is 502 g/mol. The van der Waals surface area contributed by atoms with E-state index in [1.807, 2.05) is 52.8 Å². The van der Waals surface area contributed by atoms with E-state index in [1.54, 1.807) is 14.2 Å². The molecule has 0 aliphatic carbocycles. The largest absolute Gasteiger partial charge is 0.497 e. The van der Waals surface area contributed by atoms with Crippen LogP contribution in [0.4, 0.5) is 0 Å². The van der Waals surface area contributed by atoms with Crippen LogP contribution in [0.5, 0.6) is 11.5 Å². The number of benzene rings is 3. The van der Waals surface area contributed by atoms with Crippen LogP contribution in [0.3, 0.4) is 0 Å². The summed E-state index contributed by atoms with van der Waals surface area (Å²) in [5.41, 5.74) is 7.47. The average molecular weight is 503 g/mol. The minimum absolute atomic E-state index is 0.874. The highest BCUT2D eigenvalue weighted by molar-refractivity contribution is 5.75. The maximum atomic E-state index is 5.36. The van der Waals surface area contributed by atoms with E-state index in [9.17, 15) is 0 Å². The van der Waals surface area contributed by atoms with E-state index in [0.717, 1.165) is 42.8 Å². The topological polar surface area (TPSA) is 18.5 Å². The van der Waals surface area contributed by atoms with Gasteiger partial charge in [0.15, 0.2) is 0 Å². The fourth-order valence-corrected chi connectivity index (χ4v) is 3.87. The Morgan fingerprint density at radius 2 is 1.32 bits per heavy atom. The summed E-state index contributed by atoms with van der Waals surface area (Å²) >= 11 is 0. The third kappa shape index (κ3) is 11.6. The summed E-state index contributed by atoms with van der Waals surface area (Å²) in [6.07, 6.45) is 8.17. The molecule has 37 heavy (non-hydrogen) atoms. The van der Waals surface area contributed by atoms with Gasteiger partial charge in [-0.05, 0) is 78.1 Å². The minimum atomic E-state index is 0.874. The van der Waals surface area contributed by atoms with Gasteiger partial charge in [0, 0.05) is 0 Å². The van der Waals surface area contributed by atoms with E-state index >= 15 is 0 Å². The molecule has 0 unspecified atom stereocenters. The third-order valence-corrected chi connectivity index (χ3v) is 5.70. The molecule has 3 aromatic carbocycles. The first kappa shape index (κ1) is 33.7. The number of rotatable bonds is 9. The van der Waals surface area contributed by atoms with Crippen LogP contribution in [0.2, 0.25) is 0 Å². The Balaban J connectivity index is 0.000000688. The van der Waals surface area contributed by atoms with Gasteiger partial charge in [0.1, 0.15) is 11.5 Å². The van der Waals surface area contributed by atoms with Crippen LogP contribution in [-0.2, 0) is 25.7 Å². The van der Waals surface area contributed by atoms with Gasteiger partial charge in [-0.25, -0.2) is 0 Å². The van der Waals surface area contributed by atoms with Crippen molar-refractivity contribution in [1.82, 2.24) is 0 Å². The Hall–Kier alpha value is -3.26. The smallest absolute Gasteiger partial charge is 0.125 e. The SMILES string of the molecule is C=C(/C=C\C)c1cc(OC)ccc1CCc1ccccc1.CC.CC.CCc1cccc(CC)c1OC. The molecule has 202 valence electrons. The van der Waals surface area contributed by atoms with E-state index in [4.69, 9.17) is 9.47 Å². The lowest BCUT2D eigenvalue weighted by Crippen LogP contribution is -1.97. The van der Waals surface area contributed by atoms with Crippen LogP contribution in [0.15, 0.2) is 85.5 Å². The maximum absolute atomic E-state index is 5.36.